The van der Waals surface area contributed by atoms with Gasteiger partial charge in [-0.1, -0.05) is 125 Å². The average molecular weight is 701 g/mol. The Morgan fingerprint density at radius 3 is 1.74 bits per heavy atom. The fraction of sp³-hybridized carbons (Fsp3) is 0.643. The number of nitrogens with zero attached hydrogens (tertiary/aromatic N) is 1. The van der Waals surface area contributed by atoms with Gasteiger partial charge in [-0.3, -0.25) is 9.59 Å². The number of carboxylic acids is 1. The normalized spacial score (nSPS) is 13.9. The number of hydrogen-bond acceptors (Lipinski definition) is 6. The van der Waals surface area contributed by atoms with E-state index in [0.29, 0.717) is 19.3 Å². The maximum absolute atomic E-state index is 12.6. The third-order valence-corrected chi connectivity index (χ3v) is 7.97. The van der Waals surface area contributed by atoms with Gasteiger partial charge in [0.1, 0.15) is 6.61 Å². The van der Waals surface area contributed by atoms with Crippen LogP contribution in [0.1, 0.15) is 123 Å². The van der Waals surface area contributed by atoms with Gasteiger partial charge in [0.25, 0.3) is 0 Å². The molecule has 0 radical (unpaired) electrons. The Labute approximate surface area is 304 Å². The van der Waals surface area contributed by atoms with Crippen LogP contribution < -0.4 is 0 Å². The molecule has 8 heteroatoms. The van der Waals surface area contributed by atoms with E-state index in [1.165, 1.54) is 12.8 Å². The van der Waals surface area contributed by atoms with E-state index < -0.39 is 18.1 Å². The van der Waals surface area contributed by atoms with Crippen molar-refractivity contribution in [2.24, 2.45) is 0 Å². The summed E-state index contributed by atoms with van der Waals surface area (Å²) in [6.45, 7) is 4.46. The molecule has 0 aliphatic rings. The molecular weight excluding hydrogens is 630 g/mol. The van der Waals surface area contributed by atoms with Gasteiger partial charge in [-0.25, -0.2) is 4.79 Å². The lowest BCUT2D eigenvalue weighted by Gasteiger charge is -2.31. The van der Waals surface area contributed by atoms with Crippen molar-refractivity contribution in [3.05, 3.63) is 72.9 Å². The summed E-state index contributed by atoms with van der Waals surface area (Å²) >= 11 is 0. The fourth-order valence-corrected chi connectivity index (χ4v) is 4.97. The van der Waals surface area contributed by atoms with Gasteiger partial charge in [-0.2, -0.15) is 0 Å². The Bertz CT molecular complexity index is 1050. The minimum absolute atomic E-state index is 0.0395. The van der Waals surface area contributed by atoms with Gasteiger partial charge in [-0.05, 0) is 51.4 Å². The van der Waals surface area contributed by atoms with Gasteiger partial charge < -0.3 is 23.8 Å². The number of quaternary nitrogens is 1. The Morgan fingerprint density at radius 2 is 1.14 bits per heavy atom. The second-order valence-corrected chi connectivity index (χ2v) is 13.6. The number of allylic oxidation sites excluding steroid dienone is 12. The molecule has 2 atom stereocenters. The van der Waals surface area contributed by atoms with Crippen LogP contribution in [-0.4, -0.2) is 80.6 Å². The predicted octanol–water partition coefficient (Wildman–Crippen LogP) is 9.63. The molecule has 0 aliphatic heterocycles. The van der Waals surface area contributed by atoms with Crippen LogP contribution in [0.15, 0.2) is 72.9 Å². The summed E-state index contributed by atoms with van der Waals surface area (Å²) in [5, 5.41) is 9.58. The first-order valence-corrected chi connectivity index (χ1v) is 19.0. The van der Waals surface area contributed by atoms with Crippen LogP contribution in [0.3, 0.4) is 0 Å². The SMILES string of the molecule is CC/C=C/C=C/C=C/C=C/C=C/CCCCCC(=O)OCC(COCCC(C(=O)O)[N+](C)(C)C)OC(=O)CCCCCCC/C=C/CCCC. The van der Waals surface area contributed by atoms with Crippen LogP contribution in [0, 0.1) is 0 Å². The lowest BCUT2D eigenvalue weighted by Crippen LogP contribution is -2.50. The summed E-state index contributed by atoms with van der Waals surface area (Å²) in [6, 6.07) is -0.624. The molecule has 0 rings (SSSR count). The van der Waals surface area contributed by atoms with Crippen molar-refractivity contribution in [3.63, 3.8) is 0 Å². The number of hydrogen-bond donors (Lipinski definition) is 1. The molecule has 0 saturated heterocycles. The minimum atomic E-state index is -0.887. The fourth-order valence-electron chi connectivity index (χ4n) is 4.97. The molecule has 0 spiro atoms. The molecule has 50 heavy (non-hydrogen) atoms. The van der Waals surface area contributed by atoms with Crippen molar-refractivity contribution in [1.29, 1.82) is 0 Å². The molecular formula is C42H70NO7+. The van der Waals surface area contributed by atoms with Crippen LogP contribution in [0.2, 0.25) is 0 Å². The second kappa shape index (κ2) is 32.9. The van der Waals surface area contributed by atoms with Gasteiger partial charge in [0.15, 0.2) is 12.1 Å². The first kappa shape index (κ1) is 46.8. The number of carbonyl (C=O) groups excluding carboxylic acids is 2. The molecule has 0 heterocycles. The van der Waals surface area contributed by atoms with E-state index in [1.54, 1.807) is 0 Å². The summed E-state index contributed by atoms with van der Waals surface area (Å²) in [4.78, 5) is 36.7. The summed E-state index contributed by atoms with van der Waals surface area (Å²) in [5.41, 5.74) is 0. The van der Waals surface area contributed by atoms with Crippen LogP contribution >= 0.6 is 0 Å². The van der Waals surface area contributed by atoms with Crippen molar-refractivity contribution in [2.45, 2.75) is 135 Å². The minimum Gasteiger partial charge on any atom is -0.477 e. The second-order valence-electron chi connectivity index (χ2n) is 13.6. The number of rotatable bonds is 32. The number of aliphatic carboxylic acids is 1. The van der Waals surface area contributed by atoms with E-state index in [-0.39, 0.29) is 36.2 Å². The van der Waals surface area contributed by atoms with Crippen LogP contribution in [0.4, 0.5) is 0 Å². The Kier molecular flexibility index (Phi) is 30.8. The zero-order valence-corrected chi connectivity index (χ0v) is 32.1. The first-order valence-electron chi connectivity index (χ1n) is 19.0. The number of ether oxygens (including phenoxy) is 3. The van der Waals surface area contributed by atoms with E-state index in [1.807, 2.05) is 69.8 Å². The average Bonchev–Trinajstić information content (AvgIpc) is 3.06. The van der Waals surface area contributed by atoms with Crippen molar-refractivity contribution < 1.29 is 38.2 Å². The highest BCUT2D eigenvalue weighted by atomic mass is 16.6. The molecule has 0 aromatic carbocycles. The topological polar surface area (TPSA) is 99.1 Å². The number of unbranched alkanes of at least 4 members (excludes halogenated alkanes) is 10. The largest absolute Gasteiger partial charge is 0.477 e. The number of likely N-dealkylation sites (N-methyl/N-ethyl adjacent to an activating group) is 1. The van der Waals surface area contributed by atoms with Crippen LogP contribution in [0.5, 0.6) is 0 Å². The molecule has 0 saturated carbocycles. The van der Waals surface area contributed by atoms with Gasteiger partial charge in [0.2, 0.25) is 0 Å². The molecule has 0 amide bonds. The van der Waals surface area contributed by atoms with Crippen molar-refractivity contribution >= 4 is 17.9 Å². The standard InChI is InChI=1S/C42H69NO7/c1-6-8-10-12-14-16-18-19-20-21-23-24-26-28-30-32-40(44)49-37-38(36-48-35-34-39(42(46)47)43(3,4)5)50-41(45)33-31-29-27-25-22-17-15-13-11-9-7-2/h8,10,12-16,18-21,23,38-39H,6-7,9,11,17,22,24-37H2,1-5H3/p+1/b10-8+,14-12+,15-13+,18-16+,20-19+,23-21+. The summed E-state index contributed by atoms with van der Waals surface area (Å²) < 4.78 is 17.1. The lowest BCUT2D eigenvalue weighted by atomic mass is 10.1. The Morgan fingerprint density at radius 1 is 0.620 bits per heavy atom. The smallest absolute Gasteiger partial charge is 0.362 e. The van der Waals surface area contributed by atoms with E-state index in [9.17, 15) is 19.5 Å². The highest BCUT2D eigenvalue weighted by Gasteiger charge is 2.31. The molecule has 0 aromatic heterocycles. The van der Waals surface area contributed by atoms with E-state index in [4.69, 9.17) is 14.2 Å². The highest BCUT2D eigenvalue weighted by Crippen LogP contribution is 2.12. The van der Waals surface area contributed by atoms with E-state index >= 15 is 0 Å². The van der Waals surface area contributed by atoms with Crippen LogP contribution in [-0.2, 0) is 28.6 Å². The maximum atomic E-state index is 12.6. The van der Waals surface area contributed by atoms with Crippen molar-refractivity contribution in [3.8, 4) is 0 Å². The highest BCUT2D eigenvalue weighted by molar-refractivity contribution is 5.72. The molecule has 0 fully saturated rings. The molecule has 0 bridgehead atoms. The first-order chi connectivity index (χ1) is 24.1. The Balaban J connectivity index is 4.54. The number of carboxylic acid groups (broad SMARTS) is 1. The van der Waals surface area contributed by atoms with Gasteiger partial charge in [-0.15, -0.1) is 0 Å². The third kappa shape index (κ3) is 30.8. The van der Waals surface area contributed by atoms with Crippen molar-refractivity contribution in [1.82, 2.24) is 0 Å². The van der Waals surface area contributed by atoms with Crippen LogP contribution in [0.25, 0.3) is 0 Å². The molecule has 284 valence electrons. The zero-order chi connectivity index (χ0) is 37.1. The lowest BCUT2D eigenvalue weighted by molar-refractivity contribution is -0.887. The Hall–Kier alpha value is -3.23. The summed E-state index contributed by atoms with van der Waals surface area (Å²) in [6.07, 6.45) is 39.4. The molecule has 8 nitrogen and oxygen atoms in total. The quantitative estimate of drug-likeness (QED) is 0.0245. The molecule has 0 aromatic rings. The van der Waals surface area contributed by atoms with Gasteiger partial charge >= 0.3 is 17.9 Å². The summed E-state index contributed by atoms with van der Waals surface area (Å²) in [5.74, 6) is -1.55. The molecule has 1 N–H and O–H groups in total. The maximum Gasteiger partial charge on any atom is 0.362 e. The van der Waals surface area contributed by atoms with E-state index in [0.717, 1.165) is 77.0 Å². The predicted molar refractivity (Wildman–Crippen MR) is 206 cm³/mol. The zero-order valence-electron chi connectivity index (χ0n) is 32.1. The number of carbonyl (C=O) groups is 3. The number of esters is 2. The third-order valence-electron chi connectivity index (χ3n) is 7.97. The summed E-state index contributed by atoms with van der Waals surface area (Å²) in [7, 11) is 5.49. The monoisotopic (exact) mass is 701 g/mol. The van der Waals surface area contributed by atoms with Gasteiger partial charge in [0.05, 0.1) is 34.4 Å². The molecule has 0 aliphatic carbocycles. The van der Waals surface area contributed by atoms with Gasteiger partial charge in [0, 0.05) is 19.3 Å². The van der Waals surface area contributed by atoms with Crippen molar-refractivity contribution in [2.75, 3.05) is 41.0 Å². The molecule has 2 unspecified atom stereocenters. The van der Waals surface area contributed by atoms with E-state index in [2.05, 4.69) is 38.2 Å².